The molecule has 26 heavy (non-hydrogen) atoms. The number of fused-ring (bicyclic) bond motifs is 1. The summed E-state index contributed by atoms with van der Waals surface area (Å²) in [6.45, 7) is 2.20. The molecular weight excluding hydrogens is 363 g/mol. The molecule has 8 nitrogen and oxygen atoms in total. The van der Waals surface area contributed by atoms with Crippen LogP contribution in [0.4, 0.5) is 4.39 Å². The highest BCUT2D eigenvalue weighted by Gasteiger charge is 2.35. The van der Waals surface area contributed by atoms with Crippen molar-refractivity contribution in [2.24, 2.45) is 5.92 Å². The third-order valence-corrected chi connectivity index (χ3v) is 6.38. The second-order valence-corrected chi connectivity index (χ2v) is 8.85. The molecule has 2 atom stereocenters. The lowest BCUT2D eigenvalue weighted by Crippen LogP contribution is -2.43. The van der Waals surface area contributed by atoms with Crippen LogP contribution in [0.5, 0.6) is 0 Å². The lowest BCUT2D eigenvalue weighted by atomic mass is 10.1. The van der Waals surface area contributed by atoms with E-state index in [1.165, 1.54) is 18.5 Å². The number of imidazole rings is 1. The predicted molar refractivity (Wildman–Crippen MR) is 92.9 cm³/mol. The summed E-state index contributed by atoms with van der Waals surface area (Å²) in [6, 6.07) is 2.87. The molecule has 2 aromatic rings. The molecule has 142 valence electrons. The number of nitrogens with one attached hydrogen (secondary N) is 1. The average Bonchev–Trinajstić information content (AvgIpc) is 3.12. The minimum atomic E-state index is -3.44. The van der Waals surface area contributed by atoms with Gasteiger partial charge in [0.15, 0.2) is 5.69 Å². The van der Waals surface area contributed by atoms with Gasteiger partial charge in [0.05, 0.1) is 25.0 Å². The van der Waals surface area contributed by atoms with Gasteiger partial charge in [-0.1, -0.05) is 6.07 Å². The maximum absolute atomic E-state index is 14.5. The van der Waals surface area contributed by atoms with Crippen molar-refractivity contribution in [2.75, 3.05) is 33.1 Å². The van der Waals surface area contributed by atoms with Crippen molar-refractivity contribution in [3.63, 3.8) is 0 Å². The van der Waals surface area contributed by atoms with Crippen LogP contribution in [0.1, 0.15) is 16.1 Å². The minimum Gasteiger partial charge on any atom is -0.379 e. The Morgan fingerprint density at radius 2 is 2.15 bits per heavy atom. The van der Waals surface area contributed by atoms with Crippen LogP contribution in [0.2, 0.25) is 0 Å². The number of hydrogen-bond donors (Lipinski definition) is 1. The summed E-state index contributed by atoms with van der Waals surface area (Å²) in [4.78, 5) is 16.5. The highest BCUT2D eigenvalue weighted by Crippen LogP contribution is 2.19. The molecule has 10 heteroatoms. The number of amides is 1. The fourth-order valence-corrected chi connectivity index (χ4v) is 4.01. The molecule has 3 heterocycles. The second-order valence-electron chi connectivity index (χ2n) is 6.62. The number of aromatic nitrogens is 2. The Morgan fingerprint density at radius 3 is 2.85 bits per heavy atom. The Bertz CT molecular complexity index is 941. The van der Waals surface area contributed by atoms with Crippen molar-refractivity contribution in [3.05, 3.63) is 35.5 Å². The largest absolute Gasteiger partial charge is 0.379 e. The standard InChI is InChI=1S/C16H21FN4O4S/c1-10-4-5-13-19-14(15(17)21(13)6-10)16(22)18-12-8-25-7-11(12)9-26(23,24)20(2)3/h4-6,11-12H,7-9H2,1-3H3,(H,18,22)/t11-,12+/m0/s1. The molecule has 1 aliphatic heterocycles. The van der Waals surface area contributed by atoms with Gasteiger partial charge in [0.1, 0.15) is 5.65 Å². The maximum Gasteiger partial charge on any atom is 0.274 e. The zero-order chi connectivity index (χ0) is 19.1. The van der Waals surface area contributed by atoms with E-state index in [0.29, 0.717) is 5.65 Å². The fraction of sp³-hybridized carbons (Fsp3) is 0.500. The summed E-state index contributed by atoms with van der Waals surface area (Å²) in [7, 11) is -0.538. The molecule has 0 aliphatic carbocycles. The Labute approximate surface area is 151 Å². The third kappa shape index (κ3) is 3.57. The lowest BCUT2D eigenvalue weighted by molar-refractivity contribution is 0.0917. The number of rotatable bonds is 5. The molecule has 1 amide bonds. The molecule has 3 rings (SSSR count). The number of hydrogen-bond acceptors (Lipinski definition) is 5. The Kier molecular flexibility index (Phi) is 5.00. The molecule has 0 bridgehead atoms. The number of sulfonamides is 1. The normalized spacial score (nSPS) is 20.8. The number of halogens is 1. The molecule has 0 radical (unpaired) electrons. The summed E-state index contributed by atoms with van der Waals surface area (Å²) in [5.41, 5.74) is 0.836. The lowest BCUT2D eigenvalue weighted by Gasteiger charge is -2.20. The van der Waals surface area contributed by atoms with Gasteiger partial charge < -0.3 is 10.1 Å². The SMILES string of the molecule is Cc1ccc2nc(C(=O)N[C@@H]3COC[C@H]3CS(=O)(=O)N(C)C)c(F)n2c1. The van der Waals surface area contributed by atoms with Crippen LogP contribution >= 0.6 is 0 Å². The monoisotopic (exact) mass is 384 g/mol. The number of aryl methyl sites for hydroxylation is 1. The Balaban J connectivity index is 1.78. The van der Waals surface area contributed by atoms with E-state index in [9.17, 15) is 17.6 Å². The molecule has 0 saturated carbocycles. The van der Waals surface area contributed by atoms with Gasteiger partial charge in [-0.25, -0.2) is 17.7 Å². The molecule has 0 spiro atoms. The summed E-state index contributed by atoms with van der Waals surface area (Å²) in [5.74, 6) is -2.00. The topological polar surface area (TPSA) is 93.0 Å². The molecule has 1 aliphatic rings. The van der Waals surface area contributed by atoms with Gasteiger partial charge in [-0.15, -0.1) is 0 Å². The average molecular weight is 384 g/mol. The van der Waals surface area contributed by atoms with E-state index < -0.39 is 33.8 Å². The first kappa shape index (κ1) is 18.7. The van der Waals surface area contributed by atoms with Gasteiger partial charge in [0.25, 0.3) is 5.91 Å². The Morgan fingerprint density at radius 1 is 1.42 bits per heavy atom. The second kappa shape index (κ2) is 6.93. The number of carbonyl (C=O) groups excluding carboxylic acids is 1. The van der Waals surface area contributed by atoms with Crippen LogP contribution in [0.3, 0.4) is 0 Å². The van der Waals surface area contributed by atoms with Crippen molar-refractivity contribution in [2.45, 2.75) is 13.0 Å². The van der Waals surface area contributed by atoms with Crippen LogP contribution in [-0.2, 0) is 14.8 Å². The van der Waals surface area contributed by atoms with E-state index in [-0.39, 0.29) is 24.7 Å². The predicted octanol–water partition coefficient (Wildman–Crippen LogP) is 0.418. The minimum absolute atomic E-state index is 0.155. The molecule has 1 fully saturated rings. The van der Waals surface area contributed by atoms with Gasteiger partial charge in [-0.2, -0.15) is 4.39 Å². The first-order valence-electron chi connectivity index (χ1n) is 8.12. The van der Waals surface area contributed by atoms with Gasteiger partial charge in [0.2, 0.25) is 16.0 Å². The number of ether oxygens (including phenoxy) is 1. The first-order valence-corrected chi connectivity index (χ1v) is 9.73. The molecule has 0 aromatic carbocycles. The fourth-order valence-electron chi connectivity index (χ4n) is 2.85. The van der Waals surface area contributed by atoms with Crippen LogP contribution < -0.4 is 5.32 Å². The van der Waals surface area contributed by atoms with Crippen LogP contribution in [0.25, 0.3) is 5.65 Å². The van der Waals surface area contributed by atoms with E-state index in [2.05, 4.69) is 10.3 Å². The first-order chi connectivity index (χ1) is 12.2. The van der Waals surface area contributed by atoms with Gasteiger partial charge in [0, 0.05) is 26.2 Å². The summed E-state index contributed by atoms with van der Waals surface area (Å²) in [5, 5.41) is 2.66. The quantitative estimate of drug-likeness (QED) is 0.806. The van der Waals surface area contributed by atoms with Gasteiger partial charge >= 0.3 is 0 Å². The smallest absolute Gasteiger partial charge is 0.274 e. The molecular formula is C16H21FN4O4S. The van der Waals surface area contributed by atoms with E-state index in [4.69, 9.17) is 4.74 Å². The third-order valence-electron chi connectivity index (χ3n) is 4.42. The van der Waals surface area contributed by atoms with Crippen molar-refractivity contribution in [1.29, 1.82) is 0 Å². The van der Waals surface area contributed by atoms with Crippen LogP contribution in [0.15, 0.2) is 18.3 Å². The van der Waals surface area contributed by atoms with Crippen molar-refractivity contribution >= 4 is 21.6 Å². The van der Waals surface area contributed by atoms with Crippen LogP contribution in [-0.4, -0.2) is 67.1 Å². The van der Waals surface area contributed by atoms with E-state index in [0.717, 1.165) is 9.87 Å². The van der Waals surface area contributed by atoms with E-state index >= 15 is 0 Å². The highest BCUT2D eigenvalue weighted by atomic mass is 32.2. The van der Waals surface area contributed by atoms with Gasteiger partial charge in [-0.05, 0) is 18.6 Å². The van der Waals surface area contributed by atoms with Crippen molar-refractivity contribution in [3.8, 4) is 0 Å². The van der Waals surface area contributed by atoms with E-state index in [1.54, 1.807) is 18.3 Å². The highest BCUT2D eigenvalue weighted by molar-refractivity contribution is 7.89. The molecule has 0 unspecified atom stereocenters. The number of pyridine rings is 1. The molecule has 1 saturated heterocycles. The van der Waals surface area contributed by atoms with Crippen molar-refractivity contribution < 1.29 is 22.3 Å². The van der Waals surface area contributed by atoms with E-state index in [1.807, 2.05) is 6.92 Å². The molecule has 1 N–H and O–H groups in total. The van der Waals surface area contributed by atoms with Crippen molar-refractivity contribution in [1.82, 2.24) is 19.0 Å². The summed E-state index contributed by atoms with van der Waals surface area (Å²) < 4.78 is 46.3. The zero-order valence-corrected chi connectivity index (χ0v) is 15.6. The maximum atomic E-state index is 14.5. The number of carbonyl (C=O) groups is 1. The van der Waals surface area contributed by atoms with Crippen LogP contribution in [0, 0.1) is 18.8 Å². The summed E-state index contributed by atoms with van der Waals surface area (Å²) >= 11 is 0. The molecule has 2 aromatic heterocycles. The zero-order valence-electron chi connectivity index (χ0n) is 14.8. The Hall–Kier alpha value is -2.04. The van der Waals surface area contributed by atoms with Gasteiger partial charge in [-0.3, -0.25) is 9.20 Å². The summed E-state index contributed by atoms with van der Waals surface area (Å²) in [6.07, 6.45) is 1.56. The number of nitrogens with zero attached hydrogens (tertiary/aromatic N) is 3.